The monoisotopic (exact) mass is 829 g/mol. The molecule has 64 heavy (non-hydrogen) atoms. The van der Waals surface area contributed by atoms with Crippen molar-refractivity contribution in [1.82, 2.24) is 9.13 Å². The summed E-state index contributed by atoms with van der Waals surface area (Å²) in [7, 11) is 0. The van der Waals surface area contributed by atoms with E-state index in [1.165, 1.54) is 24.3 Å². The largest absolute Gasteiger partial charge is 0.417 e. The smallest absolute Gasteiger partial charge is 0.309 e. The molecule has 0 saturated carbocycles. The van der Waals surface area contributed by atoms with E-state index in [2.05, 4.69) is 27.9 Å². The molecule has 0 radical (unpaired) electrons. The van der Waals surface area contributed by atoms with Gasteiger partial charge in [-0.25, -0.2) is 9.69 Å². The lowest BCUT2D eigenvalue weighted by molar-refractivity contribution is -0.137. The highest BCUT2D eigenvalue weighted by molar-refractivity contribution is 6.12. The Balaban J connectivity index is 1.27. The van der Waals surface area contributed by atoms with Crippen LogP contribution in [-0.2, 0) is 6.18 Å². The molecule has 7 nitrogen and oxygen atoms in total. The molecule has 0 spiro atoms. The second kappa shape index (κ2) is 14.9. The van der Waals surface area contributed by atoms with Crippen LogP contribution in [0, 0.1) is 47.1 Å². The van der Waals surface area contributed by atoms with Gasteiger partial charge in [-0.2, -0.15) is 29.0 Å². The minimum absolute atomic E-state index is 0.0747. The molecule has 298 valence electrons. The lowest BCUT2D eigenvalue weighted by Gasteiger charge is -2.21. The van der Waals surface area contributed by atoms with Crippen LogP contribution < -0.4 is 0 Å². The first-order valence-corrected chi connectivity index (χ1v) is 19.8. The fourth-order valence-corrected chi connectivity index (χ4v) is 8.86. The summed E-state index contributed by atoms with van der Waals surface area (Å²) in [6.45, 7) is 15.2. The Kier molecular flexibility index (Phi) is 9.06. The van der Waals surface area contributed by atoms with Crippen LogP contribution >= 0.6 is 0 Å². The van der Waals surface area contributed by atoms with Gasteiger partial charge in [-0.05, 0) is 119 Å². The molecule has 10 aromatic rings. The van der Waals surface area contributed by atoms with Crippen LogP contribution in [0.25, 0.3) is 98.1 Å². The molecule has 0 atom stereocenters. The number of alkyl halides is 3. The highest BCUT2D eigenvalue weighted by atomic mass is 19.4. The molecule has 0 aliphatic rings. The molecule has 0 unspecified atom stereocenters. The molecule has 8 aromatic carbocycles. The number of nitrogens with zero attached hydrogens (tertiary/aromatic N) is 7. The summed E-state index contributed by atoms with van der Waals surface area (Å²) in [5, 5.41) is 33.7. The average molecular weight is 830 g/mol. The molecule has 0 N–H and O–H groups in total. The molecular formula is C54H26F3N7. The SMILES string of the molecule is [C-]#[N+]c1cc(C#N)cc(-c2ccc3c(c2)c2ccccc2n3-c2cc(-c3ccccc3C(F)(F)F)c(-n3c4ccccc4c4cc(-c5cc(C#N)cc([N+]#[C-])c5)ccc43)cc2C#N)c1. The van der Waals surface area contributed by atoms with Crippen molar-refractivity contribution in [2.75, 3.05) is 0 Å². The second-order valence-corrected chi connectivity index (χ2v) is 15.2. The van der Waals surface area contributed by atoms with Crippen LogP contribution in [0.4, 0.5) is 24.5 Å². The van der Waals surface area contributed by atoms with Crippen LogP contribution in [-0.4, -0.2) is 9.13 Å². The Morgan fingerprint density at radius 3 is 1.42 bits per heavy atom. The third kappa shape index (κ3) is 6.26. The van der Waals surface area contributed by atoms with Crippen LogP contribution in [0.3, 0.4) is 0 Å². The van der Waals surface area contributed by atoms with Crippen molar-refractivity contribution in [2.45, 2.75) is 6.18 Å². The van der Waals surface area contributed by atoms with E-state index in [4.69, 9.17) is 13.1 Å². The summed E-state index contributed by atoms with van der Waals surface area (Å²) in [6, 6.07) is 51.9. The second-order valence-electron chi connectivity index (χ2n) is 15.2. The van der Waals surface area contributed by atoms with E-state index in [-0.39, 0.29) is 16.7 Å². The maximum atomic E-state index is 15.1. The zero-order valence-electron chi connectivity index (χ0n) is 33.3. The number of hydrogen-bond donors (Lipinski definition) is 0. The third-order valence-electron chi connectivity index (χ3n) is 11.6. The number of fused-ring (bicyclic) bond motifs is 6. The normalized spacial score (nSPS) is 11.3. The van der Waals surface area contributed by atoms with Gasteiger partial charge in [-0.3, -0.25) is 0 Å². The zero-order chi connectivity index (χ0) is 44.3. The topological polar surface area (TPSA) is 89.9 Å². The first-order chi connectivity index (χ1) is 31.1. The minimum atomic E-state index is -4.72. The van der Waals surface area contributed by atoms with E-state index in [1.54, 1.807) is 42.5 Å². The highest BCUT2D eigenvalue weighted by Gasteiger charge is 2.35. The summed E-state index contributed by atoms with van der Waals surface area (Å²) in [5.74, 6) is 0. The van der Waals surface area contributed by atoms with Gasteiger partial charge in [0.25, 0.3) is 0 Å². The Labute approximate surface area is 363 Å². The fraction of sp³-hybridized carbons (Fsp3) is 0.0185. The predicted molar refractivity (Wildman–Crippen MR) is 243 cm³/mol. The van der Waals surface area contributed by atoms with Gasteiger partial charge < -0.3 is 9.13 Å². The maximum absolute atomic E-state index is 15.1. The Morgan fingerprint density at radius 2 is 0.922 bits per heavy atom. The molecule has 0 saturated heterocycles. The average Bonchev–Trinajstić information content (AvgIpc) is 3.84. The van der Waals surface area contributed by atoms with Crippen LogP contribution in [0.15, 0.2) is 158 Å². The predicted octanol–water partition coefficient (Wildman–Crippen LogP) is 14.6. The summed E-state index contributed by atoms with van der Waals surface area (Å²) < 4.78 is 49.1. The Bertz CT molecular complexity index is 3790. The quantitative estimate of drug-likeness (QED) is 0.162. The number of halogens is 3. The maximum Gasteiger partial charge on any atom is 0.417 e. The number of rotatable bonds is 5. The first kappa shape index (κ1) is 38.8. The molecule has 2 aromatic heterocycles. The van der Waals surface area contributed by atoms with E-state index in [0.717, 1.165) is 38.7 Å². The zero-order valence-corrected chi connectivity index (χ0v) is 33.3. The van der Waals surface area contributed by atoms with Crippen LogP contribution in [0.5, 0.6) is 0 Å². The van der Waals surface area contributed by atoms with Crippen molar-refractivity contribution in [3.63, 3.8) is 0 Å². The van der Waals surface area contributed by atoms with Crippen molar-refractivity contribution >= 4 is 55.0 Å². The molecular weight excluding hydrogens is 804 g/mol. The van der Waals surface area contributed by atoms with Gasteiger partial charge in [0.05, 0.1) is 69.9 Å². The van der Waals surface area contributed by atoms with Gasteiger partial charge >= 0.3 is 6.18 Å². The molecule has 0 amide bonds. The number of aromatic nitrogens is 2. The van der Waals surface area contributed by atoms with Gasteiger partial charge in [0.2, 0.25) is 0 Å². The molecule has 10 rings (SSSR count). The van der Waals surface area contributed by atoms with Crippen LogP contribution in [0.2, 0.25) is 0 Å². The van der Waals surface area contributed by atoms with Gasteiger partial charge in [0, 0.05) is 38.2 Å². The molecule has 0 bridgehead atoms. The molecule has 10 heteroatoms. The fourth-order valence-electron chi connectivity index (χ4n) is 8.86. The summed E-state index contributed by atoms with van der Waals surface area (Å²) in [5.41, 5.74) is 7.20. The van der Waals surface area contributed by atoms with E-state index in [1.807, 2.05) is 94.1 Å². The van der Waals surface area contributed by atoms with Crippen molar-refractivity contribution < 1.29 is 13.2 Å². The first-order valence-electron chi connectivity index (χ1n) is 19.8. The Hall–Kier alpha value is -9.40. The van der Waals surface area contributed by atoms with E-state index < -0.39 is 11.7 Å². The number of benzene rings is 8. The van der Waals surface area contributed by atoms with E-state index in [0.29, 0.717) is 67.1 Å². The summed E-state index contributed by atoms with van der Waals surface area (Å²) in [4.78, 5) is 7.11. The van der Waals surface area contributed by atoms with Gasteiger partial charge in [0.15, 0.2) is 11.4 Å². The van der Waals surface area contributed by atoms with Crippen molar-refractivity contribution in [3.05, 3.63) is 203 Å². The minimum Gasteiger partial charge on any atom is -0.309 e. The van der Waals surface area contributed by atoms with Crippen molar-refractivity contribution in [2.24, 2.45) is 0 Å². The number of para-hydroxylation sites is 2. The van der Waals surface area contributed by atoms with E-state index >= 15 is 13.2 Å². The van der Waals surface area contributed by atoms with Gasteiger partial charge in [-0.15, -0.1) is 0 Å². The molecule has 0 aliphatic heterocycles. The highest BCUT2D eigenvalue weighted by Crippen LogP contribution is 2.45. The lowest BCUT2D eigenvalue weighted by Crippen LogP contribution is -2.09. The lowest BCUT2D eigenvalue weighted by atomic mass is 9.95. The molecule has 0 aliphatic carbocycles. The summed E-state index contributed by atoms with van der Waals surface area (Å²) >= 11 is 0. The van der Waals surface area contributed by atoms with Gasteiger partial charge in [-0.1, -0.05) is 66.7 Å². The van der Waals surface area contributed by atoms with E-state index in [9.17, 15) is 15.8 Å². The molecule has 2 heterocycles. The Morgan fingerprint density at radius 1 is 0.438 bits per heavy atom. The summed E-state index contributed by atoms with van der Waals surface area (Å²) in [6.07, 6.45) is -4.72. The number of hydrogen-bond acceptors (Lipinski definition) is 3. The van der Waals surface area contributed by atoms with Crippen molar-refractivity contribution in [1.29, 1.82) is 15.8 Å². The van der Waals surface area contributed by atoms with Gasteiger partial charge in [0.1, 0.15) is 6.07 Å². The van der Waals surface area contributed by atoms with Crippen molar-refractivity contribution in [3.8, 4) is 63.0 Å². The standard InChI is InChI=1S/C54H26F3N7/c1-61-39-21-32(29-58)19-36(23-39)34-15-17-50-44(25-34)42-10-4-7-13-48(42)63(50)52-28-46(41-9-3-6-12-47(41)54(55,56)57)53(27-38(52)31-60)64-49-14-8-5-11-43(49)45-26-35(16-18-51(45)64)37-20-33(30-59)22-40(24-37)62-2/h3-28H. The third-order valence-corrected chi connectivity index (χ3v) is 11.6. The molecule has 0 fully saturated rings. The van der Waals surface area contributed by atoms with Crippen LogP contribution in [0.1, 0.15) is 22.3 Å². The number of nitriles is 3.